The Morgan fingerprint density at radius 1 is 1.09 bits per heavy atom. The summed E-state index contributed by atoms with van der Waals surface area (Å²) in [5, 5.41) is 17.4. The summed E-state index contributed by atoms with van der Waals surface area (Å²) in [6, 6.07) is 12.7. The average molecular weight is 472 g/mol. The first kappa shape index (κ1) is 25.3. The van der Waals surface area contributed by atoms with Gasteiger partial charge in [0.1, 0.15) is 5.82 Å². The van der Waals surface area contributed by atoms with E-state index in [1.54, 1.807) is 0 Å². The smallest absolute Gasteiger partial charge is 0.340 e. The van der Waals surface area contributed by atoms with Gasteiger partial charge in [0.2, 0.25) is 0 Å². The van der Waals surface area contributed by atoms with Crippen molar-refractivity contribution in [2.75, 3.05) is 24.4 Å². The van der Waals surface area contributed by atoms with Crippen LogP contribution < -0.4 is 4.72 Å². The van der Waals surface area contributed by atoms with Gasteiger partial charge in [0, 0.05) is 13.1 Å². The number of benzene rings is 2. The molecule has 0 aliphatic heterocycles. The van der Waals surface area contributed by atoms with Crippen LogP contribution in [0.25, 0.3) is 0 Å². The van der Waals surface area contributed by atoms with Crippen LogP contribution in [0.2, 0.25) is 0 Å². The van der Waals surface area contributed by atoms with E-state index >= 15 is 0 Å². The van der Waals surface area contributed by atoms with Crippen molar-refractivity contribution in [1.29, 1.82) is 10.5 Å². The van der Waals surface area contributed by atoms with Crippen LogP contribution in [-0.2, 0) is 19.6 Å². The second-order valence-electron chi connectivity index (χ2n) is 6.83. The minimum atomic E-state index is -4.14. The van der Waals surface area contributed by atoms with Crippen LogP contribution in [-0.4, -0.2) is 44.9 Å². The second-order valence-corrected chi connectivity index (χ2v) is 8.48. The molecule has 0 heterocycles. The highest BCUT2D eigenvalue weighted by Crippen LogP contribution is 2.23. The number of para-hydroxylation sites is 1. The number of nitriles is 2. The molecule has 0 spiro atoms. The Hall–Kier alpha value is -3.96. The van der Waals surface area contributed by atoms with E-state index in [1.165, 1.54) is 36.1 Å². The number of nitrogens with one attached hydrogen (secondary N) is 1. The first-order valence-corrected chi connectivity index (χ1v) is 11.2. The Bertz CT molecular complexity index is 1200. The fourth-order valence-corrected chi connectivity index (χ4v) is 4.20. The Morgan fingerprint density at radius 2 is 1.73 bits per heavy atom. The topological polar surface area (TPSA) is 140 Å². The Kier molecular flexibility index (Phi) is 8.89. The lowest BCUT2D eigenvalue weighted by Gasteiger charge is -2.20. The van der Waals surface area contributed by atoms with Crippen LogP contribution in [0.3, 0.4) is 0 Å². The molecule has 33 heavy (non-hydrogen) atoms. The summed E-state index contributed by atoms with van der Waals surface area (Å²) < 4.78 is 46.2. The molecular weight excluding hydrogens is 451 g/mol. The third-order valence-corrected chi connectivity index (χ3v) is 6.01. The summed E-state index contributed by atoms with van der Waals surface area (Å²) in [4.78, 5) is 26.0. The fraction of sp³-hybridized carbons (Fsp3) is 0.273. The van der Waals surface area contributed by atoms with Crippen molar-refractivity contribution in [2.24, 2.45) is 0 Å². The number of amides is 1. The molecular formula is C22H21FN4O5S. The molecule has 2 rings (SSSR count). The largest absolute Gasteiger partial charge is 0.452 e. The summed E-state index contributed by atoms with van der Waals surface area (Å²) >= 11 is 0. The van der Waals surface area contributed by atoms with Gasteiger partial charge in [-0.1, -0.05) is 12.1 Å². The first-order valence-electron chi connectivity index (χ1n) is 9.76. The maximum atomic E-state index is 13.3. The number of sulfonamides is 1. The van der Waals surface area contributed by atoms with E-state index in [1.807, 2.05) is 12.1 Å². The lowest BCUT2D eigenvalue weighted by atomic mass is 10.2. The molecule has 0 aliphatic carbocycles. The maximum Gasteiger partial charge on any atom is 0.340 e. The first-order chi connectivity index (χ1) is 15.7. The van der Waals surface area contributed by atoms with Gasteiger partial charge < -0.3 is 9.64 Å². The third-order valence-electron chi connectivity index (χ3n) is 4.48. The van der Waals surface area contributed by atoms with Crippen LogP contribution in [0.5, 0.6) is 0 Å². The standard InChI is InChI=1S/C22H21FN4O5S/c1-16-14-17(23)8-9-20(16)33(30,31)26-19-7-3-2-6-18(19)22(29)32-15-21(28)27(12-4-10-24)13-5-11-25/h2-3,6-9,14,26H,4-5,12-13,15H2,1H3. The van der Waals surface area contributed by atoms with E-state index in [4.69, 9.17) is 15.3 Å². The van der Waals surface area contributed by atoms with Gasteiger partial charge in [-0.15, -0.1) is 0 Å². The van der Waals surface area contributed by atoms with Gasteiger partial charge in [0.25, 0.3) is 15.9 Å². The number of ether oxygens (including phenoxy) is 1. The van der Waals surface area contributed by atoms with Gasteiger partial charge in [-0.05, 0) is 42.8 Å². The number of rotatable bonds is 10. The van der Waals surface area contributed by atoms with E-state index < -0.39 is 34.3 Å². The zero-order chi connectivity index (χ0) is 24.4. The number of anilines is 1. The van der Waals surface area contributed by atoms with E-state index in [9.17, 15) is 22.4 Å². The van der Waals surface area contributed by atoms with Gasteiger partial charge in [-0.2, -0.15) is 10.5 Å². The number of carbonyl (C=O) groups excluding carboxylic acids is 2. The van der Waals surface area contributed by atoms with Crippen molar-refractivity contribution in [3.63, 3.8) is 0 Å². The van der Waals surface area contributed by atoms with Crippen LogP contribution in [0.4, 0.5) is 10.1 Å². The number of esters is 1. The molecule has 0 atom stereocenters. The zero-order valence-corrected chi connectivity index (χ0v) is 18.6. The number of aryl methyl sites for hydroxylation is 1. The van der Waals surface area contributed by atoms with Crippen molar-refractivity contribution >= 4 is 27.6 Å². The number of hydrogen-bond acceptors (Lipinski definition) is 7. The molecule has 0 bridgehead atoms. The van der Waals surface area contributed by atoms with Crippen molar-refractivity contribution < 1.29 is 27.1 Å². The fourth-order valence-electron chi connectivity index (χ4n) is 2.89. The highest BCUT2D eigenvalue weighted by Gasteiger charge is 2.22. The summed E-state index contributed by atoms with van der Waals surface area (Å²) in [5.74, 6) is -2.12. The summed E-state index contributed by atoms with van der Waals surface area (Å²) in [6.07, 6.45) is 0.108. The Morgan fingerprint density at radius 3 is 2.33 bits per heavy atom. The second kappa shape index (κ2) is 11.6. The molecule has 0 saturated heterocycles. The number of halogens is 1. The Balaban J connectivity index is 2.16. The lowest BCUT2D eigenvalue weighted by Crippen LogP contribution is -2.36. The highest BCUT2D eigenvalue weighted by atomic mass is 32.2. The molecule has 0 unspecified atom stereocenters. The Labute approximate surface area is 191 Å². The number of nitrogens with zero attached hydrogens (tertiary/aromatic N) is 3. The third kappa shape index (κ3) is 7.02. The quantitative estimate of drug-likeness (QED) is 0.524. The molecule has 0 aliphatic rings. The molecule has 0 saturated carbocycles. The van der Waals surface area contributed by atoms with Crippen molar-refractivity contribution in [3.05, 3.63) is 59.4 Å². The predicted octanol–water partition coefficient (Wildman–Crippen LogP) is 2.75. The molecule has 172 valence electrons. The van der Waals surface area contributed by atoms with Gasteiger partial charge in [0.15, 0.2) is 6.61 Å². The van der Waals surface area contributed by atoms with Crippen LogP contribution >= 0.6 is 0 Å². The molecule has 9 nitrogen and oxygen atoms in total. The number of carbonyl (C=O) groups is 2. The van der Waals surface area contributed by atoms with Crippen molar-refractivity contribution in [1.82, 2.24) is 4.90 Å². The molecule has 11 heteroatoms. The highest BCUT2D eigenvalue weighted by molar-refractivity contribution is 7.92. The van der Waals surface area contributed by atoms with Crippen LogP contribution in [0.15, 0.2) is 47.4 Å². The van der Waals surface area contributed by atoms with Crippen molar-refractivity contribution in [3.8, 4) is 12.1 Å². The number of hydrogen-bond donors (Lipinski definition) is 1. The zero-order valence-electron chi connectivity index (χ0n) is 17.7. The normalized spacial score (nSPS) is 10.5. The molecule has 0 aromatic heterocycles. The van der Waals surface area contributed by atoms with Gasteiger partial charge >= 0.3 is 5.97 Å². The summed E-state index contributed by atoms with van der Waals surface area (Å²) in [5.41, 5.74) is -0.0262. The van der Waals surface area contributed by atoms with Crippen molar-refractivity contribution in [2.45, 2.75) is 24.7 Å². The summed E-state index contributed by atoms with van der Waals surface area (Å²) in [7, 11) is -4.14. The van der Waals surface area contributed by atoms with Gasteiger partial charge in [0.05, 0.1) is 41.1 Å². The van der Waals surface area contributed by atoms with Gasteiger partial charge in [-0.3, -0.25) is 9.52 Å². The minimum absolute atomic E-state index is 0.0541. The minimum Gasteiger partial charge on any atom is -0.452 e. The monoisotopic (exact) mass is 472 g/mol. The van der Waals surface area contributed by atoms with E-state index in [0.29, 0.717) is 0 Å². The molecule has 1 amide bonds. The molecule has 1 N–H and O–H groups in total. The SMILES string of the molecule is Cc1cc(F)ccc1S(=O)(=O)Nc1ccccc1C(=O)OCC(=O)N(CCC#N)CCC#N. The van der Waals surface area contributed by atoms with E-state index in [-0.39, 0.29) is 47.6 Å². The molecule has 0 fully saturated rings. The lowest BCUT2D eigenvalue weighted by molar-refractivity contribution is -0.134. The summed E-state index contributed by atoms with van der Waals surface area (Å²) in [6.45, 7) is 0.964. The molecule has 0 radical (unpaired) electrons. The molecule has 2 aromatic rings. The van der Waals surface area contributed by atoms with Gasteiger partial charge in [-0.25, -0.2) is 17.6 Å². The predicted molar refractivity (Wildman–Crippen MR) is 116 cm³/mol. The van der Waals surface area contributed by atoms with Crippen LogP contribution in [0, 0.1) is 35.4 Å². The van der Waals surface area contributed by atoms with Crippen LogP contribution in [0.1, 0.15) is 28.8 Å². The molecule has 2 aromatic carbocycles. The van der Waals surface area contributed by atoms with E-state index in [0.717, 1.165) is 18.2 Å². The van der Waals surface area contributed by atoms with E-state index in [2.05, 4.69) is 4.72 Å². The maximum absolute atomic E-state index is 13.3. The average Bonchev–Trinajstić information content (AvgIpc) is 2.77.